The number of hydrogen-bond acceptors (Lipinski definition) is 6. The number of hydrogen-bond donors (Lipinski definition) is 2. The Morgan fingerprint density at radius 1 is 1.16 bits per heavy atom. The van der Waals surface area contributed by atoms with Gasteiger partial charge in [-0.15, -0.1) is 0 Å². The summed E-state index contributed by atoms with van der Waals surface area (Å²) < 4.78 is 16.9. The van der Waals surface area contributed by atoms with Crippen molar-refractivity contribution < 1.29 is 14.2 Å². The molecular weight excluding hydrogens is 406 g/mol. The third-order valence-electron chi connectivity index (χ3n) is 5.27. The predicted molar refractivity (Wildman–Crippen MR) is 128 cm³/mol. The van der Waals surface area contributed by atoms with E-state index < -0.39 is 0 Å². The van der Waals surface area contributed by atoms with Gasteiger partial charge in [-0.25, -0.2) is 4.98 Å². The first-order valence-electron chi connectivity index (χ1n) is 11.3. The molecule has 1 unspecified atom stereocenters. The summed E-state index contributed by atoms with van der Waals surface area (Å²) >= 11 is 0. The SMILES string of the molecule is CCOc1ccc(C(C)NC(=NC)NCc2cccnc2N2CCOCC2)cc1OCC. The minimum absolute atomic E-state index is 0.0312. The smallest absolute Gasteiger partial charge is 0.191 e. The lowest BCUT2D eigenvalue weighted by molar-refractivity contribution is 0.122. The van der Waals surface area contributed by atoms with Crippen molar-refractivity contribution in [2.45, 2.75) is 33.4 Å². The number of morpholine rings is 1. The van der Waals surface area contributed by atoms with Gasteiger partial charge in [0.2, 0.25) is 0 Å². The van der Waals surface area contributed by atoms with E-state index in [1.807, 2.05) is 38.2 Å². The molecule has 3 rings (SSSR count). The Labute approximate surface area is 191 Å². The van der Waals surface area contributed by atoms with Crippen LogP contribution in [0.4, 0.5) is 5.82 Å². The van der Waals surface area contributed by atoms with Crippen LogP contribution in [-0.4, -0.2) is 57.5 Å². The average Bonchev–Trinajstić information content (AvgIpc) is 2.83. The highest BCUT2D eigenvalue weighted by molar-refractivity contribution is 5.80. The summed E-state index contributed by atoms with van der Waals surface area (Å²) in [7, 11) is 1.78. The van der Waals surface area contributed by atoms with Crippen LogP contribution in [0, 0.1) is 0 Å². The molecule has 0 aliphatic carbocycles. The van der Waals surface area contributed by atoms with E-state index in [1.165, 1.54) is 0 Å². The second-order valence-corrected chi connectivity index (χ2v) is 7.45. The quantitative estimate of drug-likeness (QED) is 0.457. The van der Waals surface area contributed by atoms with Crippen LogP contribution in [0.2, 0.25) is 0 Å². The fourth-order valence-electron chi connectivity index (χ4n) is 3.63. The van der Waals surface area contributed by atoms with Crippen molar-refractivity contribution in [1.82, 2.24) is 15.6 Å². The summed E-state index contributed by atoms with van der Waals surface area (Å²) in [4.78, 5) is 11.3. The van der Waals surface area contributed by atoms with Gasteiger partial charge in [-0.1, -0.05) is 12.1 Å². The van der Waals surface area contributed by atoms with Crippen LogP contribution < -0.4 is 25.0 Å². The third-order valence-corrected chi connectivity index (χ3v) is 5.27. The Balaban J connectivity index is 1.64. The lowest BCUT2D eigenvalue weighted by Crippen LogP contribution is -2.40. The molecule has 2 N–H and O–H groups in total. The molecule has 32 heavy (non-hydrogen) atoms. The van der Waals surface area contributed by atoms with Gasteiger partial charge in [0, 0.05) is 38.4 Å². The van der Waals surface area contributed by atoms with Crippen LogP contribution in [-0.2, 0) is 11.3 Å². The van der Waals surface area contributed by atoms with Crippen molar-refractivity contribution in [2.24, 2.45) is 4.99 Å². The van der Waals surface area contributed by atoms with Crippen LogP contribution in [0.5, 0.6) is 11.5 Å². The van der Waals surface area contributed by atoms with Gasteiger partial charge >= 0.3 is 0 Å². The minimum atomic E-state index is 0.0312. The maximum atomic E-state index is 5.77. The summed E-state index contributed by atoms with van der Waals surface area (Å²) in [5, 5.41) is 6.88. The summed E-state index contributed by atoms with van der Waals surface area (Å²) in [6.07, 6.45) is 1.84. The monoisotopic (exact) mass is 441 g/mol. The molecule has 0 radical (unpaired) electrons. The van der Waals surface area contributed by atoms with E-state index in [0.29, 0.717) is 19.8 Å². The summed E-state index contributed by atoms with van der Waals surface area (Å²) in [5.74, 6) is 3.25. The Morgan fingerprint density at radius 2 is 1.91 bits per heavy atom. The molecule has 2 aromatic rings. The third kappa shape index (κ3) is 6.26. The largest absolute Gasteiger partial charge is 0.490 e. The van der Waals surface area contributed by atoms with Gasteiger partial charge in [0.25, 0.3) is 0 Å². The first-order valence-corrected chi connectivity index (χ1v) is 11.3. The van der Waals surface area contributed by atoms with E-state index in [0.717, 1.165) is 60.7 Å². The number of guanidine groups is 1. The molecule has 1 aromatic heterocycles. The zero-order valence-electron chi connectivity index (χ0n) is 19.6. The molecule has 0 spiro atoms. The average molecular weight is 442 g/mol. The Kier molecular flexibility index (Phi) is 8.98. The number of rotatable bonds is 9. The van der Waals surface area contributed by atoms with Gasteiger partial charge in [-0.2, -0.15) is 0 Å². The van der Waals surface area contributed by atoms with Gasteiger partial charge in [-0.05, 0) is 44.5 Å². The molecule has 174 valence electrons. The fraction of sp³-hybridized carbons (Fsp3) is 0.500. The molecule has 0 bridgehead atoms. The van der Waals surface area contributed by atoms with Crippen LogP contribution in [0.1, 0.15) is 37.9 Å². The fourth-order valence-corrected chi connectivity index (χ4v) is 3.63. The lowest BCUT2D eigenvalue weighted by atomic mass is 10.1. The van der Waals surface area contributed by atoms with Crippen LogP contribution in [0.25, 0.3) is 0 Å². The normalized spacial score (nSPS) is 15.2. The number of ether oxygens (including phenoxy) is 3. The van der Waals surface area contributed by atoms with E-state index in [9.17, 15) is 0 Å². The predicted octanol–water partition coefficient (Wildman–Crippen LogP) is 3.14. The highest BCUT2D eigenvalue weighted by Gasteiger charge is 2.17. The van der Waals surface area contributed by atoms with Gasteiger partial charge in [0.05, 0.1) is 32.5 Å². The number of anilines is 1. The number of aliphatic imine (C=N–C) groups is 1. The molecule has 1 saturated heterocycles. The minimum Gasteiger partial charge on any atom is -0.490 e. The topological polar surface area (TPSA) is 80.2 Å². The Morgan fingerprint density at radius 3 is 2.62 bits per heavy atom. The molecular formula is C24H35N5O3. The number of nitrogens with zero attached hydrogens (tertiary/aromatic N) is 3. The first kappa shape index (κ1) is 23.7. The maximum absolute atomic E-state index is 5.77. The highest BCUT2D eigenvalue weighted by Crippen LogP contribution is 2.30. The van der Waals surface area contributed by atoms with Gasteiger partial charge in [0.15, 0.2) is 17.5 Å². The molecule has 1 atom stereocenters. The van der Waals surface area contributed by atoms with Crippen LogP contribution in [0.15, 0.2) is 41.5 Å². The number of benzene rings is 1. The van der Waals surface area contributed by atoms with Crippen molar-refractivity contribution in [3.8, 4) is 11.5 Å². The molecule has 0 amide bonds. The van der Waals surface area contributed by atoms with Crippen molar-refractivity contribution >= 4 is 11.8 Å². The number of pyridine rings is 1. The molecule has 2 heterocycles. The molecule has 1 aliphatic heterocycles. The first-order chi connectivity index (χ1) is 15.7. The zero-order valence-corrected chi connectivity index (χ0v) is 19.6. The maximum Gasteiger partial charge on any atom is 0.191 e. The molecule has 8 nitrogen and oxygen atoms in total. The number of aromatic nitrogens is 1. The molecule has 1 fully saturated rings. The second kappa shape index (κ2) is 12.1. The van der Waals surface area contributed by atoms with Crippen molar-refractivity contribution in [3.05, 3.63) is 47.7 Å². The van der Waals surface area contributed by atoms with E-state index in [2.05, 4.69) is 44.6 Å². The summed E-state index contributed by atoms with van der Waals surface area (Å²) in [6, 6.07) is 10.1. The van der Waals surface area contributed by atoms with Crippen LogP contribution >= 0.6 is 0 Å². The Hall–Kier alpha value is -3.00. The molecule has 0 saturated carbocycles. The standard InChI is InChI=1S/C24H35N5O3/c1-5-31-21-10-9-19(16-22(21)32-6-2)18(3)28-24(25-4)27-17-20-8-7-11-26-23(20)29-12-14-30-15-13-29/h7-11,16,18H,5-6,12-15,17H2,1-4H3,(H2,25,27,28). The Bertz CT molecular complexity index is 884. The molecule has 1 aromatic carbocycles. The van der Waals surface area contributed by atoms with E-state index >= 15 is 0 Å². The van der Waals surface area contributed by atoms with Gasteiger partial charge in [0.1, 0.15) is 5.82 Å². The van der Waals surface area contributed by atoms with Crippen molar-refractivity contribution in [2.75, 3.05) is 51.5 Å². The van der Waals surface area contributed by atoms with E-state index in [1.54, 1.807) is 7.05 Å². The summed E-state index contributed by atoms with van der Waals surface area (Å²) in [6.45, 7) is 11.0. The van der Waals surface area contributed by atoms with Gasteiger partial charge in [-0.3, -0.25) is 4.99 Å². The summed E-state index contributed by atoms with van der Waals surface area (Å²) in [5.41, 5.74) is 2.22. The second-order valence-electron chi connectivity index (χ2n) is 7.45. The van der Waals surface area contributed by atoms with Crippen molar-refractivity contribution in [1.29, 1.82) is 0 Å². The van der Waals surface area contributed by atoms with Gasteiger partial charge < -0.3 is 29.7 Å². The van der Waals surface area contributed by atoms with Crippen molar-refractivity contribution in [3.63, 3.8) is 0 Å². The lowest BCUT2D eigenvalue weighted by Gasteiger charge is -2.29. The molecule has 1 aliphatic rings. The zero-order chi connectivity index (χ0) is 22.8. The molecule has 8 heteroatoms. The van der Waals surface area contributed by atoms with Crippen LogP contribution in [0.3, 0.4) is 0 Å². The van der Waals surface area contributed by atoms with E-state index in [-0.39, 0.29) is 6.04 Å². The van der Waals surface area contributed by atoms with E-state index in [4.69, 9.17) is 14.2 Å². The number of nitrogens with one attached hydrogen (secondary N) is 2. The highest BCUT2D eigenvalue weighted by atomic mass is 16.5.